The molecular formula is C15H17BrN2O3S2. The second kappa shape index (κ2) is 7.46. The zero-order valence-corrected chi connectivity index (χ0v) is 15.9. The number of halogens is 1. The number of thiophene rings is 1. The Balaban J connectivity index is 2.29. The Morgan fingerprint density at radius 2 is 1.96 bits per heavy atom. The van der Waals surface area contributed by atoms with Gasteiger partial charge >= 0.3 is 0 Å². The Bertz CT molecular complexity index is 803. The number of anilines is 1. The molecule has 1 aromatic carbocycles. The highest BCUT2D eigenvalue weighted by molar-refractivity contribution is 9.11. The number of benzene rings is 1. The third-order valence-electron chi connectivity index (χ3n) is 3.22. The van der Waals surface area contributed by atoms with Crippen LogP contribution in [0.4, 0.5) is 5.69 Å². The number of sulfonamides is 1. The van der Waals surface area contributed by atoms with Crippen LogP contribution >= 0.6 is 27.3 Å². The third kappa shape index (κ3) is 4.55. The van der Waals surface area contributed by atoms with Crippen molar-refractivity contribution in [3.63, 3.8) is 0 Å². The standard InChI is InChI=1S/C15H17BrN2O3S2/c1-3-10(2)17-15(19)11-6-4-5-7-12(11)18-23(20,21)14-9-8-13(16)22-14/h4-10,18H,3H2,1-2H3,(H,17,19). The quantitative estimate of drug-likeness (QED) is 0.750. The molecule has 2 N–H and O–H groups in total. The van der Waals surface area contributed by atoms with Crippen molar-refractivity contribution in [1.29, 1.82) is 0 Å². The highest BCUT2D eigenvalue weighted by Crippen LogP contribution is 2.28. The molecule has 0 bridgehead atoms. The normalized spacial score (nSPS) is 12.7. The van der Waals surface area contributed by atoms with E-state index >= 15 is 0 Å². The fraction of sp³-hybridized carbons (Fsp3) is 0.267. The summed E-state index contributed by atoms with van der Waals surface area (Å²) < 4.78 is 28.2. The topological polar surface area (TPSA) is 75.3 Å². The summed E-state index contributed by atoms with van der Waals surface area (Å²) in [5.41, 5.74) is 0.560. The molecule has 0 aliphatic rings. The number of carbonyl (C=O) groups is 1. The van der Waals surface area contributed by atoms with E-state index in [-0.39, 0.29) is 21.8 Å². The van der Waals surface area contributed by atoms with Gasteiger partial charge in [-0.05, 0) is 53.5 Å². The summed E-state index contributed by atoms with van der Waals surface area (Å²) in [4.78, 5) is 12.3. The largest absolute Gasteiger partial charge is 0.350 e. The van der Waals surface area contributed by atoms with Crippen molar-refractivity contribution >= 4 is 48.9 Å². The summed E-state index contributed by atoms with van der Waals surface area (Å²) in [5, 5.41) is 2.84. The molecule has 0 fully saturated rings. The van der Waals surface area contributed by atoms with Crippen LogP contribution in [0.5, 0.6) is 0 Å². The van der Waals surface area contributed by atoms with E-state index in [1.165, 1.54) is 6.07 Å². The van der Waals surface area contributed by atoms with Gasteiger partial charge in [0.25, 0.3) is 15.9 Å². The summed E-state index contributed by atoms with van der Waals surface area (Å²) in [6.07, 6.45) is 0.795. The highest BCUT2D eigenvalue weighted by Gasteiger charge is 2.20. The van der Waals surface area contributed by atoms with Gasteiger partial charge in [0.05, 0.1) is 15.0 Å². The van der Waals surface area contributed by atoms with Gasteiger partial charge in [-0.1, -0.05) is 19.1 Å². The second-order valence-electron chi connectivity index (χ2n) is 4.99. The van der Waals surface area contributed by atoms with Gasteiger partial charge in [0.1, 0.15) is 4.21 Å². The van der Waals surface area contributed by atoms with Crippen LogP contribution in [0.25, 0.3) is 0 Å². The molecule has 5 nitrogen and oxygen atoms in total. The van der Waals surface area contributed by atoms with Crippen molar-refractivity contribution in [2.24, 2.45) is 0 Å². The highest BCUT2D eigenvalue weighted by atomic mass is 79.9. The molecule has 1 aromatic heterocycles. The van der Waals surface area contributed by atoms with Gasteiger partial charge in [-0.25, -0.2) is 8.42 Å². The van der Waals surface area contributed by atoms with Gasteiger partial charge in [0.2, 0.25) is 0 Å². The van der Waals surface area contributed by atoms with Crippen LogP contribution in [-0.4, -0.2) is 20.4 Å². The van der Waals surface area contributed by atoms with Gasteiger partial charge in [0, 0.05) is 6.04 Å². The summed E-state index contributed by atoms with van der Waals surface area (Å²) in [6.45, 7) is 3.86. The first kappa shape index (κ1) is 18.0. The first-order valence-corrected chi connectivity index (χ1v) is 10.1. The molecule has 0 aliphatic carbocycles. The average Bonchev–Trinajstić information content (AvgIpc) is 2.94. The SMILES string of the molecule is CCC(C)NC(=O)c1ccccc1NS(=O)(=O)c1ccc(Br)s1. The fourth-order valence-electron chi connectivity index (χ4n) is 1.81. The molecule has 1 amide bonds. The first-order valence-electron chi connectivity index (χ1n) is 7.01. The van der Waals surface area contributed by atoms with Gasteiger partial charge in [-0.2, -0.15) is 0 Å². The molecule has 0 spiro atoms. The number of nitrogens with one attached hydrogen (secondary N) is 2. The zero-order valence-electron chi connectivity index (χ0n) is 12.7. The monoisotopic (exact) mass is 416 g/mol. The Kier molecular flexibility index (Phi) is 5.83. The lowest BCUT2D eigenvalue weighted by Crippen LogP contribution is -2.32. The van der Waals surface area contributed by atoms with E-state index in [0.717, 1.165) is 21.5 Å². The van der Waals surface area contributed by atoms with E-state index in [0.29, 0.717) is 5.56 Å². The minimum atomic E-state index is -3.72. The van der Waals surface area contributed by atoms with E-state index in [2.05, 4.69) is 26.0 Å². The van der Waals surface area contributed by atoms with Gasteiger partial charge in [-0.3, -0.25) is 9.52 Å². The summed E-state index contributed by atoms with van der Waals surface area (Å²) in [6, 6.07) is 9.75. The van der Waals surface area contributed by atoms with Crippen LogP contribution in [0.15, 0.2) is 44.4 Å². The van der Waals surface area contributed by atoms with Crippen LogP contribution < -0.4 is 10.0 Å². The molecule has 1 atom stereocenters. The molecule has 0 aliphatic heterocycles. The summed E-state index contributed by atoms with van der Waals surface area (Å²) in [5.74, 6) is -0.301. The molecular weight excluding hydrogens is 400 g/mol. The molecule has 0 saturated heterocycles. The Morgan fingerprint density at radius 1 is 1.26 bits per heavy atom. The predicted molar refractivity (Wildman–Crippen MR) is 96.5 cm³/mol. The van der Waals surface area contributed by atoms with E-state index in [1.807, 2.05) is 13.8 Å². The van der Waals surface area contributed by atoms with Crippen LogP contribution in [0, 0.1) is 0 Å². The zero-order chi connectivity index (χ0) is 17.0. The van der Waals surface area contributed by atoms with Crippen molar-refractivity contribution in [3.8, 4) is 0 Å². The molecule has 8 heteroatoms. The third-order valence-corrected chi connectivity index (χ3v) is 6.70. The van der Waals surface area contributed by atoms with Gasteiger partial charge in [0.15, 0.2) is 0 Å². The smallest absolute Gasteiger partial charge is 0.271 e. The number of hydrogen-bond acceptors (Lipinski definition) is 4. The maximum atomic E-state index is 12.4. The molecule has 2 rings (SSSR count). The summed E-state index contributed by atoms with van der Waals surface area (Å²) in [7, 11) is -3.72. The van der Waals surface area contributed by atoms with Crippen molar-refractivity contribution in [3.05, 3.63) is 45.7 Å². The molecule has 0 saturated carbocycles. The lowest BCUT2D eigenvalue weighted by molar-refractivity contribution is 0.0940. The average molecular weight is 417 g/mol. The molecule has 1 unspecified atom stereocenters. The van der Waals surface area contributed by atoms with Crippen molar-refractivity contribution in [2.75, 3.05) is 4.72 Å². The van der Waals surface area contributed by atoms with E-state index < -0.39 is 10.0 Å². The lowest BCUT2D eigenvalue weighted by Gasteiger charge is -2.15. The number of hydrogen-bond donors (Lipinski definition) is 2. The van der Waals surface area contributed by atoms with Crippen LogP contribution in [0.1, 0.15) is 30.6 Å². The number of para-hydroxylation sites is 1. The fourth-order valence-corrected chi connectivity index (χ4v) is 4.90. The maximum Gasteiger partial charge on any atom is 0.271 e. The van der Waals surface area contributed by atoms with Crippen LogP contribution in [0.3, 0.4) is 0 Å². The predicted octanol–water partition coefficient (Wildman–Crippen LogP) is 3.84. The number of amides is 1. The van der Waals surface area contributed by atoms with E-state index in [4.69, 9.17) is 0 Å². The van der Waals surface area contributed by atoms with Crippen LogP contribution in [-0.2, 0) is 10.0 Å². The van der Waals surface area contributed by atoms with Crippen LogP contribution in [0.2, 0.25) is 0 Å². The minimum Gasteiger partial charge on any atom is -0.350 e. The molecule has 23 heavy (non-hydrogen) atoms. The van der Waals surface area contributed by atoms with Crippen molar-refractivity contribution in [2.45, 2.75) is 30.5 Å². The second-order valence-corrected chi connectivity index (χ2v) is 9.36. The number of rotatable bonds is 6. The molecule has 2 aromatic rings. The Labute approximate surface area is 148 Å². The number of carbonyl (C=O) groups excluding carboxylic acids is 1. The Hall–Kier alpha value is -1.38. The lowest BCUT2D eigenvalue weighted by atomic mass is 10.1. The van der Waals surface area contributed by atoms with E-state index in [1.54, 1.807) is 30.3 Å². The van der Waals surface area contributed by atoms with Crippen molar-refractivity contribution in [1.82, 2.24) is 5.32 Å². The van der Waals surface area contributed by atoms with Gasteiger partial charge in [-0.15, -0.1) is 11.3 Å². The maximum absolute atomic E-state index is 12.4. The molecule has 124 valence electrons. The Morgan fingerprint density at radius 3 is 2.57 bits per heavy atom. The first-order chi connectivity index (χ1) is 10.8. The molecule has 1 heterocycles. The molecule has 0 radical (unpaired) electrons. The summed E-state index contributed by atoms with van der Waals surface area (Å²) >= 11 is 4.35. The van der Waals surface area contributed by atoms with Crippen molar-refractivity contribution < 1.29 is 13.2 Å². The minimum absolute atomic E-state index is 0.0143. The van der Waals surface area contributed by atoms with E-state index in [9.17, 15) is 13.2 Å². The van der Waals surface area contributed by atoms with Gasteiger partial charge < -0.3 is 5.32 Å².